The third-order valence-corrected chi connectivity index (χ3v) is 4.74. The molecular formula is C20H18N2O3S. The molecule has 0 radical (unpaired) electrons. The molecule has 2 aromatic rings. The monoisotopic (exact) mass is 366 g/mol. The van der Waals surface area contributed by atoms with Crippen LogP contribution < -0.4 is 5.32 Å². The van der Waals surface area contributed by atoms with Gasteiger partial charge >= 0.3 is 0 Å². The molecule has 0 aliphatic carbocycles. The van der Waals surface area contributed by atoms with Gasteiger partial charge in [-0.1, -0.05) is 42.5 Å². The highest BCUT2D eigenvalue weighted by atomic mass is 32.2. The standard InChI is InChI=1S/C20H18N2O3S/c1-14-6-5-9-16(12-14)21-18(23)10-11-22-19(24)17(26-20(22)25)13-15-7-3-2-4-8-15/h2-9,12-13H,10-11H2,1H3,(H,21,23)/b17-13-. The lowest BCUT2D eigenvalue weighted by Gasteiger charge is -2.12. The van der Waals surface area contributed by atoms with Gasteiger partial charge in [0.15, 0.2) is 0 Å². The van der Waals surface area contributed by atoms with Crippen LogP contribution in [0.25, 0.3) is 6.08 Å². The minimum absolute atomic E-state index is 0.0601. The molecule has 6 heteroatoms. The number of carbonyl (C=O) groups excluding carboxylic acids is 3. The fourth-order valence-electron chi connectivity index (χ4n) is 2.55. The summed E-state index contributed by atoms with van der Waals surface area (Å²) in [5.74, 6) is -0.589. The number of nitrogens with zero attached hydrogens (tertiary/aromatic N) is 1. The van der Waals surface area contributed by atoms with E-state index >= 15 is 0 Å². The zero-order valence-electron chi connectivity index (χ0n) is 14.3. The molecule has 0 unspecified atom stereocenters. The van der Waals surface area contributed by atoms with Crippen LogP contribution in [0.4, 0.5) is 10.5 Å². The number of aryl methyl sites for hydroxylation is 1. The first-order chi connectivity index (χ1) is 12.5. The van der Waals surface area contributed by atoms with E-state index in [0.717, 1.165) is 27.8 Å². The van der Waals surface area contributed by atoms with E-state index in [2.05, 4.69) is 5.32 Å². The minimum atomic E-state index is -0.354. The van der Waals surface area contributed by atoms with Crippen molar-refractivity contribution in [1.29, 1.82) is 0 Å². The molecule has 26 heavy (non-hydrogen) atoms. The molecule has 0 saturated carbocycles. The molecule has 1 N–H and O–H groups in total. The van der Waals surface area contributed by atoms with Gasteiger partial charge in [-0.15, -0.1) is 0 Å². The molecule has 1 aliphatic rings. The number of anilines is 1. The van der Waals surface area contributed by atoms with E-state index in [1.165, 1.54) is 0 Å². The number of rotatable bonds is 5. The van der Waals surface area contributed by atoms with Gasteiger partial charge < -0.3 is 5.32 Å². The van der Waals surface area contributed by atoms with Crippen molar-refractivity contribution in [2.75, 3.05) is 11.9 Å². The van der Waals surface area contributed by atoms with Crippen LogP contribution in [0, 0.1) is 6.92 Å². The van der Waals surface area contributed by atoms with Crippen molar-refractivity contribution in [3.63, 3.8) is 0 Å². The summed E-state index contributed by atoms with van der Waals surface area (Å²) < 4.78 is 0. The molecule has 3 amide bonds. The van der Waals surface area contributed by atoms with E-state index in [1.807, 2.05) is 55.5 Å². The quantitative estimate of drug-likeness (QED) is 0.811. The maximum absolute atomic E-state index is 12.4. The molecule has 0 spiro atoms. The van der Waals surface area contributed by atoms with E-state index in [4.69, 9.17) is 0 Å². The van der Waals surface area contributed by atoms with E-state index < -0.39 is 0 Å². The Morgan fingerprint density at radius 3 is 2.62 bits per heavy atom. The van der Waals surface area contributed by atoms with Crippen molar-refractivity contribution in [2.24, 2.45) is 0 Å². The highest BCUT2D eigenvalue weighted by Gasteiger charge is 2.34. The molecule has 1 aliphatic heterocycles. The summed E-state index contributed by atoms with van der Waals surface area (Å²) >= 11 is 0.901. The number of thioether (sulfide) groups is 1. The van der Waals surface area contributed by atoms with Crippen LogP contribution in [0.2, 0.25) is 0 Å². The number of benzene rings is 2. The Hall–Kier alpha value is -2.86. The van der Waals surface area contributed by atoms with Crippen molar-refractivity contribution in [2.45, 2.75) is 13.3 Å². The van der Waals surface area contributed by atoms with Gasteiger partial charge in [0.1, 0.15) is 0 Å². The fourth-order valence-corrected chi connectivity index (χ4v) is 3.42. The van der Waals surface area contributed by atoms with Crippen molar-refractivity contribution in [3.8, 4) is 0 Å². The summed E-state index contributed by atoms with van der Waals surface area (Å²) in [6, 6.07) is 16.8. The Labute approximate surface area is 156 Å². The fraction of sp³-hybridized carbons (Fsp3) is 0.150. The topological polar surface area (TPSA) is 66.5 Å². The van der Waals surface area contributed by atoms with Gasteiger partial charge in [-0.3, -0.25) is 19.3 Å². The number of carbonyl (C=O) groups is 3. The number of hydrogen-bond donors (Lipinski definition) is 1. The predicted octanol–water partition coefficient (Wildman–Crippen LogP) is 4.06. The summed E-state index contributed by atoms with van der Waals surface area (Å²) in [6.45, 7) is 2.00. The molecule has 132 valence electrons. The molecular weight excluding hydrogens is 348 g/mol. The van der Waals surface area contributed by atoms with E-state index in [-0.39, 0.29) is 30.0 Å². The number of nitrogens with one attached hydrogen (secondary N) is 1. The lowest BCUT2D eigenvalue weighted by Crippen LogP contribution is -2.31. The average Bonchev–Trinajstić information content (AvgIpc) is 2.87. The minimum Gasteiger partial charge on any atom is -0.326 e. The summed E-state index contributed by atoms with van der Waals surface area (Å²) in [7, 11) is 0. The number of imide groups is 1. The van der Waals surface area contributed by atoms with Crippen LogP contribution in [0.3, 0.4) is 0 Å². The average molecular weight is 366 g/mol. The normalized spacial score (nSPS) is 15.6. The summed E-state index contributed by atoms with van der Waals surface area (Å²) in [4.78, 5) is 38.1. The molecule has 5 nitrogen and oxygen atoms in total. The third-order valence-electron chi connectivity index (χ3n) is 3.84. The first-order valence-electron chi connectivity index (χ1n) is 8.20. The first-order valence-corrected chi connectivity index (χ1v) is 9.01. The second-order valence-electron chi connectivity index (χ2n) is 5.91. The summed E-state index contributed by atoms with van der Waals surface area (Å²) in [6.07, 6.45) is 1.75. The Morgan fingerprint density at radius 2 is 1.88 bits per heavy atom. The van der Waals surface area contributed by atoms with Gasteiger partial charge in [0.05, 0.1) is 4.91 Å². The molecule has 3 rings (SSSR count). The summed E-state index contributed by atoms with van der Waals surface area (Å²) in [5.41, 5.74) is 2.60. The van der Waals surface area contributed by atoms with Crippen molar-refractivity contribution >= 4 is 40.6 Å². The Bertz CT molecular complexity index is 878. The molecule has 0 atom stereocenters. The second kappa shape index (κ2) is 8.01. The predicted molar refractivity (Wildman–Crippen MR) is 104 cm³/mol. The number of amides is 3. The third kappa shape index (κ3) is 4.40. The molecule has 1 saturated heterocycles. The lowest BCUT2D eigenvalue weighted by molar-refractivity contribution is -0.123. The molecule has 1 fully saturated rings. The van der Waals surface area contributed by atoms with Gasteiger partial charge in [0.2, 0.25) is 5.91 Å². The van der Waals surface area contributed by atoms with Crippen LogP contribution in [0.5, 0.6) is 0 Å². The first kappa shape index (κ1) is 17.9. The smallest absolute Gasteiger partial charge is 0.293 e. The van der Waals surface area contributed by atoms with Crippen molar-refractivity contribution in [1.82, 2.24) is 4.90 Å². The van der Waals surface area contributed by atoms with Crippen LogP contribution >= 0.6 is 11.8 Å². The zero-order valence-corrected chi connectivity index (χ0v) is 15.1. The van der Waals surface area contributed by atoms with E-state index in [1.54, 1.807) is 12.1 Å². The van der Waals surface area contributed by atoms with Gasteiger partial charge in [-0.2, -0.15) is 0 Å². The van der Waals surface area contributed by atoms with Gasteiger partial charge in [-0.05, 0) is 48.0 Å². The Balaban J connectivity index is 1.59. The van der Waals surface area contributed by atoms with Gasteiger partial charge in [-0.25, -0.2) is 0 Å². The van der Waals surface area contributed by atoms with Gasteiger partial charge in [0, 0.05) is 18.7 Å². The Kier molecular flexibility index (Phi) is 5.53. The Morgan fingerprint density at radius 1 is 1.12 bits per heavy atom. The van der Waals surface area contributed by atoms with Gasteiger partial charge in [0.25, 0.3) is 11.1 Å². The highest BCUT2D eigenvalue weighted by Crippen LogP contribution is 2.32. The molecule has 0 aromatic heterocycles. The SMILES string of the molecule is Cc1cccc(NC(=O)CCN2C(=O)S/C(=C\c3ccccc3)C2=O)c1. The highest BCUT2D eigenvalue weighted by molar-refractivity contribution is 8.18. The lowest BCUT2D eigenvalue weighted by atomic mass is 10.2. The summed E-state index contributed by atoms with van der Waals surface area (Å²) in [5, 5.41) is 2.43. The van der Waals surface area contributed by atoms with Crippen LogP contribution in [-0.2, 0) is 9.59 Å². The van der Waals surface area contributed by atoms with E-state index in [9.17, 15) is 14.4 Å². The van der Waals surface area contributed by atoms with Crippen LogP contribution in [0.1, 0.15) is 17.5 Å². The molecule has 0 bridgehead atoms. The largest absolute Gasteiger partial charge is 0.326 e. The maximum Gasteiger partial charge on any atom is 0.293 e. The second-order valence-corrected chi connectivity index (χ2v) is 6.90. The zero-order chi connectivity index (χ0) is 18.5. The van der Waals surface area contributed by atoms with Crippen molar-refractivity contribution < 1.29 is 14.4 Å². The van der Waals surface area contributed by atoms with E-state index in [0.29, 0.717) is 10.6 Å². The molecule has 2 aromatic carbocycles. The van der Waals surface area contributed by atoms with Crippen LogP contribution in [-0.4, -0.2) is 28.5 Å². The van der Waals surface area contributed by atoms with Crippen molar-refractivity contribution in [3.05, 3.63) is 70.6 Å². The van der Waals surface area contributed by atoms with Crippen LogP contribution in [0.15, 0.2) is 59.5 Å². The maximum atomic E-state index is 12.4. The number of hydrogen-bond acceptors (Lipinski definition) is 4. The molecule has 1 heterocycles.